The van der Waals surface area contributed by atoms with Crippen molar-refractivity contribution >= 4 is 17.3 Å². The molecule has 3 aliphatic carbocycles. The summed E-state index contributed by atoms with van der Waals surface area (Å²) in [4.78, 5) is 39.5. The number of rotatable bonds is 3. The van der Waals surface area contributed by atoms with Crippen LogP contribution in [-0.2, 0) is 14.4 Å². The van der Waals surface area contributed by atoms with Gasteiger partial charge in [-0.1, -0.05) is 39.8 Å². The Morgan fingerprint density at radius 1 is 1.20 bits per heavy atom. The van der Waals surface area contributed by atoms with Crippen LogP contribution in [0.15, 0.2) is 23.5 Å². The molecule has 2 bridgehead atoms. The molecule has 2 fully saturated rings. The van der Waals surface area contributed by atoms with Crippen LogP contribution in [0.1, 0.15) is 54.4 Å². The zero-order chi connectivity index (χ0) is 19.1. The predicted molar refractivity (Wildman–Crippen MR) is 94.9 cm³/mol. The van der Waals surface area contributed by atoms with E-state index in [1.54, 1.807) is 20.8 Å². The first-order chi connectivity index (χ1) is 11.3. The van der Waals surface area contributed by atoms with Crippen LogP contribution in [0.2, 0.25) is 0 Å². The Bertz CT molecular complexity index is 754. The van der Waals surface area contributed by atoms with Crippen LogP contribution in [0.4, 0.5) is 0 Å². The quantitative estimate of drug-likeness (QED) is 0.480. The van der Waals surface area contributed by atoms with Crippen molar-refractivity contribution in [3.63, 3.8) is 0 Å². The van der Waals surface area contributed by atoms with Crippen molar-refractivity contribution in [3.8, 4) is 0 Å². The molecule has 0 aromatic heterocycles. The number of Topliss-reactive ketones (excluding diaryl/α,β-unsaturated/α-hetero) is 3. The zero-order valence-electron chi connectivity index (χ0n) is 16.0. The minimum absolute atomic E-state index is 0.0468. The second-order valence-electron chi connectivity index (χ2n) is 9.39. The zero-order valence-corrected chi connectivity index (χ0v) is 16.0. The lowest BCUT2D eigenvalue weighted by molar-refractivity contribution is -0.144. The fourth-order valence-electron chi connectivity index (χ4n) is 5.78. The highest BCUT2D eigenvalue weighted by molar-refractivity contribution is 6.32. The van der Waals surface area contributed by atoms with Gasteiger partial charge in [-0.15, -0.1) is 0 Å². The summed E-state index contributed by atoms with van der Waals surface area (Å²) in [7, 11) is 0. The number of hydrogen-bond donors (Lipinski definition) is 1. The van der Waals surface area contributed by atoms with Crippen LogP contribution < -0.4 is 0 Å². The Balaban J connectivity index is 2.26. The number of allylic oxidation sites excluding steroid dienone is 3. The second-order valence-corrected chi connectivity index (χ2v) is 9.39. The third-order valence-electron chi connectivity index (χ3n) is 7.19. The third-order valence-corrected chi connectivity index (χ3v) is 7.19. The monoisotopic (exact) mass is 344 g/mol. The van der Waals surface area contributed by atoms with Crippen LogP contribution in [0, 0.1) is 34.0 Å². The van der Waals surface area contributed by atoms with Crippen molar-refractivity contribution in [2.24, 2.45) is 34.0 Å². The lowest BCUT2D eigenvalue weighted by Gasteiger charge is -2.35. The summed E-state index contributed by atoms with van der Waals surface area (Å²) < 4.78 is 0. The molecule has 0 radical (unpaired) electrons. The van der Waals surface area contributed by atoms with Gasteiger partial charge in [0.15, 0.2) is 17.3 Å². The molecular weight excluding hydrogens is 316 g/mol. The van der Waals surface area contributed by atoms with E-state index in [2.05, 4.69) is 20.4 Å². The van der Waals surface area contributed by atoms with Crippen molar-refractivity contribution in [3.05, 3.63) is 23.5 Å². The molecule has 0 saturated heterocycles. The summed E-state index contributed by atoms with van der Waals surface area (Å²) in [6, 6.07) is 0. The van der Waals surface area contributed by atoms with Gasteiger partial charge in [-0.25, -0.2) is 0 Å². The van der Waals surface area contributed by atoms with E-state index in [9.17, 15) is 19.5 Å². The molecule has 2 saturated carbocycles. The Hall–Kier alpha value is -1.71. The second kappa shape index (κ2) is 4.93. The van der Waals surface area contributed by atoms with E-state index in [1.165, 1.54) is 0 Å². The van der Waals surface area contributed by atoms with Crippen LogP contribution in [0.25, 0.3) is 0 Å². The lowest BCUT2D eigenvalue weighted by atomic mass is 9.64. The van der Waals surface area contributed by atoms with E-state index in [1.807, 2.05) is 6.92 Å². The molecule has 0 aromatic rings. The van der Waals surface area contributed by atoms with Crippen LogP contribution >= 0.6 is 0 Å². The van der Waals surface area contributed by atoms with Gasteiger partial charge in [-0.2, -0.15) is 0 Å². The number of carbonyl (C=O) groups excluding carboxylic acids is 3. The molecule has 4 nitrogen and oxygen atoms in total. The van der Waals surface area contributed by atoms with E-state index in [0.29, 0.717) is 12.8 Å². The largest absolute Gasteiger partial charge is 0.510 e. The smallest absolute Gasteiger partial charge is 0.183 e. The fraction of sp³-hybridized carbons (Fsp3) is 0.667. The first kappa shape index (κ1) is 18.1. The fourth-order valence-corrected chi connectivity index (χ4v) is 5.78. The lowest BCUT2D eigenvalue weighted by Crippen LogP contribution is -2.49. The maximum absolute atomic E-state index is 13.5. The summed E-state index contributed by atoms with van der Waals surface area (Å²) in [5.74, 6) is -1.87. The minimum Gasteiger partial charge on any atom is -0.510 e. The van der Waals surface area contributed by atoms with Gasteiger partial charge < -0.3 is 5.11 Å². The van der Waals surface area contributed by atoms with E-state index in [4.69, 9.17) is 0 Å². The number of hydrogen-bond acceptors (Lipinski definition) is 4. The molecule has 0 amide bonds. The van der Waals surface area contributed by atoms with Gasteiger partial charge in [0.05, 0.1) is 10.8 Å². The maximum atomic E-state index is 13.5. The van der Waals surface area contributed by atoms with Crippen LogP contribution in [-0.4, -0.2) is 22.5 Å². The number of aliphatic hydroxyl groups is 1. The van der Waals surface area contributed by atoms with Crippen molar-refractivity contribution in [2.75, 3.05) is 0 Å². The van der Waals surface area contributed by atoms with Gasteiger partial charge in [-0.3, -0.25) is 14.4 Å². The summed E-state index contributed by atoms with van der Waals surface area (Å²) in [6.45, 7) is 15.3. The number of aliphatic hydroxyl groups excluding tert-OH is 1. The van der Waals surface area contributed by atoms with Crippen molar-refractivity contribution in [1.29, 1.82) is 0 Å². The highest BCUT2D eigenvalue weighted by Gasteiger charge is 2.76. The third kappa shape index (κ3) is 1.86. The molecule has 4 atom stereocenters. The topological polar surface area (TPSA) is 71.4 Å². The molecule has 136 valence electrons. The number of fused-ring (bicyclic) bond motifs is 1. The van der Waals surface area contributed by atoms with Gasteiger partial charge >= 0.3 is 0 Å². The van der Waals surface area contributed by atoms with Gasteiger partial charge in [0, 0.05) is 5.92 Å². The number of ketones is 3. The van der Waals surface area contributed by atoms with E-state index < -0.39 is 22.5 Å². The van der Waals surface area contributed by atoms with Gasteiger partial charge in [-0.05, 0) is 43.9 Å². The minimum atomic E-state index is -1.19. The van der Waals surface area contributed by atoms with Crippen LogP contribution in [0.5, 0.6) is 0 Å². The summed E-state index contributed by atoms with van der Waals surface area (Å²) in [5.41, 5.74) is -1.76. The Labute approximate surface area is 149 Å². The van der Waals surface area contributed by atoms with E-state index in [0.717, 1.165) is 5.57 Å². The molecule has 3 rings (SSSR count). The number of carbonyl (C=O) groups is 3. The Morgan fingerprint density at radius 3 is 2.24 bits per heavy atom. The first-order valence-electron chi connectivity index (χ1n) is 9.06. The molecule has 0 unspecified atom stereocenters. The molecule has 3 aliphatic rings. The molecule has 0 heterocycles. The standard InChI is InChI=1S/C21H28O4/c1-10(2)12-8-21-13(19(12,5)6)9-20(7,18(21)25)16(23)14(17(21)24)15(22)11(3)4/h11-13,23H,1,8-9H2,2-7H3/t12-,13+,20-,21+/m1/s1. The highest BCUT2D eigenvalue weighted by Crippen LogP contribution is 2.71. The van der Waals surface area contributed by atoms with Gasteiger partial charge in [0.25, 0.3) is 0 Å². The molecule has 1 spiro atoms. The Morgan fingerprint density at radius 2 is 1.76 bits per heavy atom. The SMILES string of the molecule is C=C(C)[C@H]1C[C@@]23C(=O)C(C(=O)C(C)C)=C(O)[C@@](C)(C[C@H]2C1(C)C)C3=O. The van der Waals surface area contributed by atoms with E-state index in [-0.39, 0.29) is 40.1 Å². The molecule has 4 heteroatoms. The highest BCUT2D eigenvalue weighted by atomic mass is 16.3. The Kier molecular flexibility index (Phi) is 3.56. The molecule has 1 N–H and O–H groups in total. The van der Waals surface area contributed by atoms with Gasteiger partial charge in [0.1, 0.15) is 11.3 Å². The van der Waals surface area contributed by atoms with Crippen molar-refractivity contribution in [1.82, 2.24) is 0 Å². The molecule has 0 aliphatic heterocycles. The van der Waals surface area contributed by atoms with Crippen molar-refractivity contribution < 1.29 is 19.5 Å². The summed E-state index contributed by atoms with van der Waals surface area (Å²) in [6.07, 6.45) is 0.810. The average molecular weight is 344 g/mol. The normalized spacial score (nSPS) is 39.2. The molecule has 0 aromatic carbocycles. The van der Waals surface area contributed by atoms with Crippen LogP contribution in [0.3, 0.4) is 0 Å². The summed E-state index contributed by atoms with van der Waals surface area (Å²) >= 11 is 0. The van der Waals surface area contributed by atoms with Crippen molar-refractivity contribution in [2.45, 2.75) is 54.4 Å². The first-order valence-corrected chi connectivity index (χ1v) is 9.06. The van der Waals surface area contributed by atoms with Gasteiger partial charge in [0.2, 0.25) is 0 Å². The molecule has 25 heavy (non-hydrogen) atoms. The maximum Gasteiger partial charge on any atom is 0.183 e. The van der Waals surface area contributed by atoms with E-state index >= 15 is 0 Å². The average Bonchev–Trinajstić information content (AvgIpc) is 2.85. The summed E-state index contributed by atoms with van der Waals surface area (Å²) in [5, 5.41) is 10.8. The molecular formula is C21H28O4. The predicted octanol–water partition coefficient (Wildman–Crippen LogP) is 3.81.